The van der Waals surface area contributed by atoms with E-state index in [1.54, 1.807) is 11.8 Å². The van der Waals surface area contributed by atoms with Crippen LogP contribution >= 0.6 is 11.8 Å². The molecule has 3 N–H and O–H groups in total. The molecule has 0 bridgehead atoms. The lowest BCUT2D eigenvalue weighted by Crippen LogP contribution is -2.41. The van der Waals surface area contributed by atoms with Crippen LogP contribution in [0.5, 0.6) is 0 Å². The van der Waals surface area contributed by atoms with Crippen LogP contribution in [0.3, 0.4) is 0 Å². The summed E-state index contributed by atoms with van der Waals surface area (Å²) in [5.74, 6) is 0.827. The molecule has 0 saturated heterocycles. The lowest BCUT2D eigenvalue weighted by Gasteiger charge is -2.28. The monoisotopic (exact) mass is 292 g/mol. The molecule has 0 aliphatic rings. The predicted molar refractivity (Wildman–Crippen MR) is 88.1 cm³/mol. The molecule has 0 atom stereocenters. The quantitative estimate of drug-likeness (QED) is 0.568. The molecular weight excluding hydrogens is 268 g/mol. The Morgan fingerprint density at radius 1 is 1.40 bits per heavy atom. The van der Waals surface area contributed by atoms with Crippen molar-refractivity contribution in [3.05, 3.63) is 36.9 Å². The number of carbonyl (C=O) groups is 1. The summed E-state index contributed by atoms with van der Waals surface area (Å²) >= 11 is 1.66. The van der Waals surface area contributed by atoms with Gasteiger partial charge in [0, 0.05) is 17.2 Å². The largest absolute Gasteiger partial charge is 0.329 e. The summed E-state index contributed by atoms with van der Waals surface area (Å²) in [4.78, 5) is 13.6. The number of para-hydroxylation sites is 1. The minimum absolute atomic E-state index is 0.0108. The molecule has 0 heterocycles. The van der Waals surface area contributed by atoms with Crippen molar-refractivity contribution in [3.8, 4) is 0 Å². The molecule has 0 radical (unpaired) electrons. The van der Waals surface area contributed by atoms with Crippen molar-refractivity contribution in [1.29, 1.82) is 0 Å². The second-order valence-corrected chi connectivity index (χ2v) is 5.80. The zero-order valence-corrected chi connectivity index (χ0v) is 13.1. The molecule has 0 spiro atoms. The molecule has 0 aliphatic carbocycles. The zero-order valence-electron chi connectivity index (χ0n) is 12.3. The van der Waals surface area contributed by atoms with Crippen LogP contribution in [0, 0.1) is 5.41 Å². The Morgan fingerprint density at radius 3 is 2.60 bits per heavy atom. The standard InChI is InChI=1S/C16H24N2OS/c1-4-11-20-14-10-8-7-9-13(14)18-15(19)16(5-2,6-3)12-17/h4,7-10H,1,5-6,11-12,17H2,2-3H3,(H,18,19). The fourth-order valence-electron chi connectivity index (χ4n) is 2.05. The van der Waals surface area contributed by atoms with Gasteiger partial charge >= 0.3 is 0 Å². The number of amides is 1. The van der Waals surface area contributed by atoms with Crippen molar-refractivity contribution in [2.45, 2.75) is 31.6 Å². The van der Waals surface area contributed by atoms with E-state index in [1.165, 1.54) is 0 Å². The van der Waals surface area contributed by atoms with E-state index in [9.17, 15) is 4.79 Å². The maximum atomic E-state index is 12.5. The predicted octanol–water partition coefficient (Wildman–Crippen LogP) is 3.67. The van der Waals surface area contributed by atoms with Gasteiger partial charge in [-0.25, -0.2) is 0 Å². The van der Waals surface area contributed by atoms with Gasteiger partial charge in [-0.2, -0.15) is 0 Å². The molecule has 1 rings (SSSR count). The molecule has 1 amide bonds. The van der Waals surface area contributed by atoms with Gasteiger partial charge in [-0.3, -0.25) is 4.79 Å². The fourth-order valence-corrected chi connectivity index (χ4v) is 2.80. The fraction of sp³-hybridized carbons (Fsp3) is 0.438. The van der Waals surface area contributed by atoms with Gasteiger partial charge in [-0.1, -0.05) is 32.1 Å². The first-order valence-electron chi connectivity index (χ1n) is 6.97. The number of nitrogens with two attached hydrogens (primary N) is 1. The molecule has 4 heteroatoms. The van der Waals surface area contributed by atoms with E-state index in [2.05, 4.69) is 11.9 Å². The Morgan fingerprint density at radius 2 is 2.05 bits per heavy atom. The summed E-state index contributed by atoms with van der Waals surface area (Å²) in [6.07, 6.45) is 3.34. The van der Waals surface area contributed by atoms with Crippen LogP contribution in [-0.2, 0) is 4.79 Å². The SMILES string of the molecule is C=CCSc1ccccc1NC(=O)C(CC)(CC)CN. The molecule has 0 aliphatic heterocycles. The van der Waals surface area contributed by atoms with Gasteiger partial charge in [-0.15, -0.1) is 18.3 Å². The highest BCUT2D eigenvalue weighted by Crippen LogP contribution is 2.31. The minimum Gasteiger partial charge on any atom is -0.329 e. The molecule has 0 aromatic heterocycles. The minimum atomic E-state index is -0.476. The Hall–Kier alpha value is -1.26. The maximum Gasteiger partial charge on any atom is 0.231 e. The van der Waals surface area contributed by atoms with Gasteiger partial charge < -0.3 is 11.1 Å². The van der Waals surface area contributed by atoms with Crippen LogP contribution < -0.4 is 11.1 Å². The number of nitrogens with one attached hydrogen (secondary N) is 1. The van der Waals surface area contributed by atoms with Crippen molar-refractivity contribution in [2.24, 2.45) is 11.1 Å². The average molecular weight is 292 g/mol. The van der Waals surface area contributed by atoms with E-state index in [1.807, 2.05) is 44.2 Å². The van der Waals surface area contributed by atoms with Crippen molar-refractivity contribution in [1.82, 2.24) is 0 Å². The topological polar surface area (TPSA) is 55.1 Å². The van der Waals surface area contributed by atoms with Gasteiger partial charge in [-0.05, 0) is 25.0 Å². The molecule has 1 aromatic carbocycles. The highest BCUT2D eigenvalue weighted by atomic mass is 32.2. The third-order valence-electron chi connectivity index (χ3n) is 3.72. The normalized spacial score (nSPS) is 11.2. The summed E-state index contributed by atoms with van der Waals surface area (Å²) in [5, 5.41) is 3.04. The summed E-state index contributed by atoms with van der Waals surface area (Å²) < 4.78 is 0. The maximum absolute atomic E-state index is 12.5. The van der Waals surface area contributed by atoms with E-state index in [-0.39, 0.29) is 5.91 Å². The summed E-state index contributed by atoms with van der Waals surface area (Å²) in [6, 6.07) is 7.83. The first-order valence-corrected chi connectivity index (χ1v) is 7.96. The molecular formula is C16H24N2OS. The number of hydrogen-bond acceptors (Lipinski definition) is 3. The zero-order chi connectivity index (χ0) is 15.0. The van der Waals surface area contributed by atoms with E-state index in [4.69, 9.17) is 5.73 Å². The average Bonchev–Trinajstić information content (AvgIpc) is 2.49. The van der Waals surface area contributed by atoms with Crippen LogP contribution in [0.15, 0.2) is 41.8 Å². The number of anilines is 1. The van der Waals surface area contributed by atoms with E-state index in [0.29, 0.717) is 6.54 Å². The van der Waals surface area contributed by atoms with Crippen LogP contribution in [0.4, 0.5) is 5.69 Å². The van der Waals surface area contributed by atoms with E-state index < -0.39 is 5.41 Å². The molecule has 0 fully saturated rings. The number of benzene rings is 1. The van der Waals surface area contributed by atoms with Crippen LogP contribution in [0.25, 0.3) is 0 Å². The Balaban J connectivity index is 2.92. The molecule has 0 saturated carbocycles. The van der Waals surface area contributed by atoms with Crippen LogP contribution in [0.1, 0.15) is 26.7 Å². The highest BCUT2D eigenvalue weighted by molar-refractivity contribution is 7.99. The number of hydrogen-bond donors (Lipinski definition) is 2. The first-order chi connectivity index (χ1) is 9.63. The summed E-state index contributed by atoms with van der Waals surface area (Å²) in [5.41, 5.74) is 6.20. The van der Waals surface area contributed by atoms with Gasteiger partial charge in [0.15, 0.2) is 0 Å². The summed E-state index contributed by atoms with van der Waals surface area (Å²) in [6.45, 7) is 8.11. The van der Waals surface area contributed by atoms with Crippen molar-refractivity contribution >= 4 is 23.4 Å². The third kappa shape index (κ3) is 3.87. The second-order valence-electron chi connectivity index (χ2n) is 4.74. The molecule has 1 aromatic rings. The summed E-state index contributed by atoms with van der Waals surface area (Å²) in [7, 11) is 0. The highest BCUT2D eigenvalue weighted by Gasteiger charge is 2.33. The van der Waals surface area contributed by atoms with Crippen molar-refractivity contribution in [3.63, 3.8) is 0 Å². The first kappa shape index (κ1) is 16.8. The van der Waals surface area contributed by atoms with Crippen molar-refractivity contribution in [2.75, 3.05) is 17.6 Å². The lowest BCUT2D eigenvalue weighted by atomic mass is 9.81. The molecule has 3 nitrogen and oxygen atoms in total. The Labute approximate surface area is 126 Å². The van der Waals surface area contributed by atoms with Gasteiger partial charge in [0.2, 0.25) is 5.91 Å². The van der Waals surface area contributed by atoms with E-state index in [0.717, 1.165) is 29.2 Å². The van der Waals surface area contributed by atoms with Gasteiger partial charge in [0.25, 0.3) is 0 Å². The van der Waals surface area contributed by atoms with Crippen LogP contribution in [-0.4, -0.2) is 18.2 Å². The Kier molecular flexibility index (Phi) is 6.82. The van der Waals surface area contributed by atoms with Gasteiger partial charge in [0.1, 0.15) is 0 Å². The molecule has 110 valence electrons. The molecule has 0 unspecified atom stereocenters. The Bertz CT molecular complexity index is 447. The van der Waals surface area contributed by atoms with Gasteiger partial charge in [0.05, 0.1) is 11.1 Å². The van der Waals surface area contributed by atoms with Crippen LogP contribution in [0.2, 0.25) is 0 Å². The number of thioether (sulfide) groups is 1. The lowest BCUT2D eigenvalue weighted by molar-refractivity contribution is -0.125. The number of rotatable bonds is 8. The third-order valence-corrected chi connectivity index (χ3v) is 4.79. The molecule has 20 heavy (non-hydrogen) atoms. The van der Waals surface area contributed by atoms with Crippen molar-refractivity contribution < 1.29 is 4.79 Å². The van der Waals surface area contributed by atoms with E-state index >= 15 is 0 Å². The second kappa shape index (κ2) is 8.12. The smallest absolute Gasteiger partial charge is 0.231 e. The number of carbonyl (C=O) groups excluding carboxylic acids is 1.